The summed E-state index contributed by atoms with van der Waals surface area (Å²) in [6.45, 7) is 0. The van der Waals surface area contributed by atoms with Gasteiger partial charge in [-0.05, 0) is 6.26 Å². The van der Waals surface area contributed by atoms with Crippen LogP contribution < -0.4 is 11.3 Å². The number of pyridine rings is 1. The molecular weight excluding hydrogens is 246 g/mol. The van der Waals surface area contributed by atoms with Crippen LogP contribution in [0.1, 0.15) is 5.56 Å². The summed E-state index contributed by atoms with van der Waals surface area (Å²) < 4.78 is 0. The minimum absolute atomic E-state index is 0.0302. The first-order valence-electron chi connectivity index (χ1n) is 4.21. The average molecular weight is 255 g/mol. The maximum absolute atomic E-state index is 11.3. The predicted octanol–water partition coefficient (Wildman–Crippen LogP) is 0.546. The second-order valence-corrected chi connectivity index (χ2v) is 4.61. The first-order valence-corrected chi connectivity index (χ1v) is 6.42. The van der Waals surface area contributed by atoms with E-state index < -0.39 is 5.91 Å². The molecule has 1 aromatic heterocycles. The molecule has 0 aliphatic carbocycles. The Bertz CT molecular complexity index is 504. The number of aromatic nitrogens is 1. The van der Waals surface area contributed by atoms with Gasteiger partial charge in [-0.3, -0.25) is 9.59 Å². The molecule has 1 heterocycles. The summed E-state index contributed by atoms with van der Waals surface area (Å²) in [6, 6.07) is 3.36. The highest BCUT2D eigenvalue weighted by Crippen LogP contribution is 2.26. The van der Waals surface area contributed by atoms with E-state index in [0.29, 0.717) is 15.5 Å². The molecule has 0 unspecified atom stereocenters. The van der Waals surface area contributed by atoms with E-state index >= 15 is 0 Å². The van der Waals surface area contributed by atoms with E-state index in [4.69, 9.17) is 11.0 Å². The summed E-state index contributed by atoms with van der Waals surface area (Å²) in [7, 11) is 0. The number of amides is 1. The third-order valence-corrected chi connectivity index (χ3v) is 3.45. The fourth-order valence-corrected chi connectivity index (χ4v) is 2.43. The number of nitrogens with zero attached hydrogens (tertiary/aromatic N) is 1. The lowest BCUT2D eigenvalue weighted by atomic mass is 10.3. The summed E-state index contributed by atoms with van der Waals surface area (Å²) in [4.78, 5) is 25.0. The molecule has 1 amide bonds. The van der Waals surface area contributed by atoms with Crippen LogP contribution in [-0.2, 0) is 4.79 Å². The molecule has 0 saturated carbocycles. The Morgan fingerprint density at radius 3 is 2.88 bits per heavy atom. The van der Waals surface area contributed by atoms with Crippen LogP contribution in [0.15, 0.2) is 20.8 Å². The predicted molar refractivity (Wildman–Crippen MR) is 63.5 cm³/mol. The van der Waals surface area contributed by atoms with Crippen LogP contribution in [0, 0.1) is 11.3 Å². The normalized spacial score (nSPS) is 9.75. The molecule has 0 aromatic carbocycles. The van der Waals surface area contributed by atoms with Crippen molar-refractivity contribution >= 4 is 29.4 Å². The minimum Gasteiger partial charge on any atom is -0.369 e. The molecule has 0 aliphatic rings. The van der Waals surface area contributed by atoms with Gasteiger partial charge in [-0.1, -0.05) is 11.8 Å². The van der Waals surface area contributed by atoms with Crippen molar-refractivity contribution in [3.63, 3.8) is 0 Å². The van der Waals surface area contributed by atoms with Gasteiger partial charge in [0.25, 0.3) is 0 Å². The Labute approximate surface area is 100 Å². The molecule has 0 aliphatic heterocycles. The number of aromatic amines is 1. The summed E-state index contributed by atoms with van der Waals surface area (Å²) in [6.07, 6.45) is 1.78. The Morgan fingerprint density at radius 1 is 1.69 bits per heavy atom. The second kappa shape index (κ2) is 5.63. The van der Waals surface area contributed by atoms with Gasteiger partial charge in [0, 0.05) is 11.0 Å². The van der Waals surface area contributed by atoms with Crippen LogP contribution in [0.3, 0.4) is 0 Å². The van der Waals surface area contributed by atoms with Crippen molar-refractivity contribution in [1.82, 2.24) is 4.98 Å². The SMILES string of the molecule is CSc1cc(=O)[nH]c(SCC(N)=O)c1C#N. The van der Waals surface area contributed by atoms with Crippen molar-refractivity contribution < 1.29 is 4.79 Å². The Hall–Kier alpha value is -1.39. The van der Waals surface area contributed by atoms with E-state index in [1.54, 1.807) is 6.26 Å². The topological polar surface area (TPSA) is 99.7 Å². The van der Waals surface area contributed by atoms with Gasteiger partial charge >= 0.3 is 0 Å². The van der Waals surface area contributed by atoms with Crippen LogP contribution in [0.25, 0.3) is 0 Å². The number of rotatable bonds is 4. The van der Waals surface area contributed by atoms with E-state index in [-0.39, 0.29) is 11.3 Å². The molecule has 84 valence electrons. The first-order chi connectivity index (χ1) is 7.58. The molecule has 0 radical (unpaired) electrons. The summed E-state index contributed by atoms with van der Waals surface area (Å²) in [5, 5.41) is 9.36. The van der Waals surface area contributed by atoms with Gasteiger partial charge in [-0.2, -0.15) is 5.26 Å². The molecule has 0 bridgehead atoms. The number of primary amides is 1. The number of nitriles is 1. The Morgan fingerprint density at radius 2 is 2.38 bits per heavy atom. The lowest BCUT2D eigenvalue weighted by Crippen LogP contribution is -2.15. The molecule has 1 aromatic rings. The lowest BCUT2D eigenvalue weighted by Gasteiger charge is -2.05. The van der Waals surface area contributed by atoms with Crippen LogP contribution in [0.4, 0.5) is 0 Å². The number of carbonyl (C=O) groups excluding carboxylic acids is 1. The standard InChI is InChI=1S/C9H9N3O2S2/c1-15-6-2-8(14)12-9(5(6)3-10)16-4-7(11)13/h2H,4H2,1H3,(H2,11,13)(H,12,14). The largest absolute Gasteiger partial charge is 0.369 e. The monoisotopic (exact) mass is 255 g/mol. The third kappa shape index (κ3) is 3.05. The molecule has 3 N–H and O–H groups in total. The average Bonchev–Trinajstić information content (AvgIpc) is 2.25. The van der Waals surface area contributed by atoms with E-state index in [0.717, 1.165) is 11.8 Å². The number of hydrogen-bond donors (Lipinski definition) is 2. The van der Waals surface area contributed by atoms with Gasteiger partial charge in [-0.25, -0.2) is 0 Å². The molecule has 0 fully saturated rings. The molecule has 7 heteroatoms. The molecule has 5 nitrogen and oxygen atoms in total. The van der Waals surface area contributed by atoms with Gasteiger partial charge in [-0.15, -0.1) is 11.8 Å². The van der Waals surface area contributed by atoms with E-state index in [1.807, 2.05) is 6.07 Å². The van der Waals surface area contributed by atoms with E-state index in [1.165, 1.54) is 17.8 Å². The third-order valence-electron chi connectivity index (χ3n) is 1.66. The van der Waals surface area contributed by atoms with Crippen molar-refractivity contribution in [2.75, 3.05) is 12.0 Å². The zero-order chi connectivity index (χ0) is 12.1. The molecule has 16 heavy (non-hydrogen) atoms. The number of nitrogens with one attached hydrogen (secondary N) is 1. The van der Waals surface area contributed by atoms with Crippen molar-refractivity contribution in [3.05, 3.63) is 22.0 Å². The quantitative estimate of drug-likeness (QED) is 0.765. The smallest absolute Gasteiger partial charge is 0.249 e. The zero-order valence-corrected chi connectivity index (χ0v) is 10.1. The lowest BCUT2D eigenvalue weighted by molar-refractivity contribution is -0.115. The number of hydrogen-bond acceptors (Lipinski definition) is 5. The minimum atomic E-state index is -0.496. The van der Waals surface area contributed by atoms with E-state index in [2.05, 4.69) is 4.98 Å². The van der Waals surface area contributed by atoms with Crippen molar-refractivity contribution in [2.45, 2.75) is 9.92 Å². The van der Waals surface area contributed by atoms with Crippen molar-refractivity contribution in [2.24, 2.45) is 5.73 Å². The van der Waals surface area contributed by atoms with Crippen LogP contribution in [-0.4, -0.2) is 22.9 Å². The van der Waals surface area contributed by atoms with Crippen molar-refractivity contribution in [1.29, 1.82) is 5.26 Å². The maximum atomic E-state index is 11.3. The highest BCUT2D eigenvalue weighted by molar-refractivity contribution is 8.00. The fraction of sp³-hybridized carbons (Fsp3) is 0.222. The summed E-state index contributed by atoms with van der Waals surface area (Å²) >= 11 is 2.37. The van der Waals surface area contributed by atoms with E-state index in [9.17, 15) is 9.59 Å². The molecule has 0 spiro atoms. The van der Waals surface area contributed by atoms with Crippen LogP contribution >= 0.6 is 23.5 Å². The molecular formula is C9H9N3O2S2. The van der Waals surface area contributed by atoms with Gasteiger partial charge < -0.3 is 10.7 Å². The molecule has 0 atom stereocenters. The highest BCUT2D eigenvalue weighted by atomic mass is 32.2. The number of H-pyrrole nitrogens is 1. The van der Waals surface area contributed by atoms with Gasteiger partial charge in [0.15, 0.2) is 0 Å². The van der Waals surface area contributed by atoms with Gasteiger partial charge in [0.1, 0.15) is 6.07 Å². The Kier molecular flexibility index (Phi) is 4.46. The molecule has 0 saturated heterocycles. The number of carbonyl (C=O) groups is 1. The highest BCUT2D eigenvalue weighted by Gasteiger charge is 2.11. The second-order valence-electron chi connectivity index (χ2n) is 2.77. The summed E-state index contributed by atoms with van der Waals surface area (Å²) in [5.74, 6) is -0.466. The zero-order valence-electron chi connectivity index (χ0n) is 8.44. The first kappa shape index (κ1) is 12.7. The maximum Gasteiger partial charge on any atom is 0.249 e. The van der Waals surface area contributed by atoms with Gasteiger partial charge in [0.05, 0.1) is 16.3 Å². The van der Waals surface area contributed by atoms with Crippen LogP contribution in [0.2, 0.25) is 0 Å². The van der Waals surface area contributed by atoms with Gasteiger partial charge in [0.2, 0.25) is 11.5 Å². The van der Waals surface area contributed by atoms with Crippen LogP contribution in [0.5, 0.6) is 0 Å². The number of thioether (sulfide) groups is 2. The summed E-state index contributed by atoms with van der Waals surface area (Å²) in [5.41, 5.74) is 5.08. The fourth-order valence-electron chi connectivity index (χ4n) is 1.03. The molecule has 1 rings (SSSR count). The number of nitrogens with two attached hydrogens (primary N) is 1. The van der Waals surface area contributed by atoms with Crippen molar-refractivity contribution in [3.8, 4) is 6.07 Å². The Balaban J connectivity index is 3.16.